The third-order valence-electron chi connectivity index (χ3n) is 4.58. The number of halogens is 2. The lowest BCUT2D eigenvalue weighted by Gasteiger charge is -2.11. The summed E-state index contributed by atoms with van der Waals surface area (Å²) >= 11 is 9.38. The van der Waals surface area contributed by atoms with Gasteiger partial charge in [-0.2, -0.15) is 5.10 Å². The van der Waals surface area contributed by atoms with Crippen molar-refractivity contribution in [2.75, 3.05) is 10.6 Å². The summed E-state index contributed by atoms with van der Waals surface area (Å²) in [6, 6.07) is 21.7. The van der Waals surface area contributed by atoms with Gasteiger partial charge in [0.05, 0.1) is 11.7 Å². The molecule has 0 radical (unpaired) electrons. The molecule has 0 spiro atoms. The Morgan fingerprint density at radius 1 is 0.909 bits per heavy atom. The van der Waals surface area contributed by atoms with Crippen LogP contribution in [0.2, 0.25) is 5.02 Å². The summed E-state index contributed by atoms with van der Waals surface area (Å²) in [6.07, 6.45) is 3.16. The van der Waals surface area contributed by atoms with E-state index >= 15 is 0 Å². The number of anilines is 3. The van der Waals surface area contributed by atoms with Crippen LogP contribution < -0.4 is 16.1 Å². The molecule has 4 aromatic rings. The number of nitrogens with zero attached hydrogens (tertiary/aromatic N) is 2. The minimum absolute atomic E-state index is 0.476. The zero-order valence-electron chi connectivity index (χ0n) is 17.0. The van der Waals surface area contributed by atoms with Crippen molar-refractivity contribution < 1.29 is 9.59 Å². The Balaban J connectivity index is 1.35. The molecule has 0 saturated heterocycles. The van der Waals surface area contributed by atoms with Crippen molar-refractivity contribution >= 4 is 73.5 Å². The van der Waals surface area contributed by atoms with E-state index in [4.69, 9.17) is 11.6 Å². The maximum atomic E-state index is 12.1. The van der Waals surface area contributed by atoms with Crippen LogP contribution in [-0.4, -0.2) is 23.0 Å². The number of benzene rings is 3. The van der Waals surface area contributed by atoms with Crippen molar-refractivity contribution in [1.29, 1.82) is 0 Å². The number of amides is 2. The van der Waals surface area contributed by atoms with Gasteiger partial charge in [0.1, 0.15) is 0 Å². The van der Waals surface area contributed by atoms with E-state index in [9.17, 15) is 9.59 Å². The van der Waals surface area contributed by atoms with Crippen LogP contribution in [0.5, 0.6) is 0 Å². The van der Waals surface area contributed by atoms with E-state index in [2.05, 4.69) is 42.1 Å². The molecule has 0 aliphatic carbocycles. The summed E-state index contributed by atoms with van der Waals surface area (Å²) in [5, 5.41) is 11.2. The van der Waals surface area contributed by atoms with Crippen molar-refractivity contribution in [2.45, 2.75) is 0 Å². The highest BCUT2D eigenvalue weighted by Crippen LogP contribution is 2.27. The number of pyridine rings is 1. The number of rotatable bonds is 5. The van der Waals surface area contributed by atoms with Gasteiger partial charge in [0.2, 0.25) is 0 Å². The predicted octanol–water partition coefficient (Wildman–Crippen LogP) is 5.48. The van der Waals surface area contributed by atoms with E-state index in [0.29, 0.717) is 10.7 Å². The fourth-order valence-electron chi connectivity index (χ4n) is 2.98. The highest BCUT2D eigenvalue weighted by Gasteiger charge is 2.13. The quantitative estimate of drug-likeness (QED) is 0.184. The van der Waals surface area contributed by atoms with Crippen molar-refractivity contribution in [2.24, 2.45) is 5.10 Å². The average molecular weight is 523 g/mol. The van der Waals surface area contributed by atoms with Crippen LogP contribution in [0, 0.1) is 0 Å². The largest absolute Gasteiger partial charge is 0.355 e. The van der Waals surface area contributed by atoms with Gasteiger partial charge in [-0.3, -0.25) is 14.6 Å². The van der Waals surface area contributed by atoms with Gasteiger partial charge in [-0.25, -0.2) is 5.43 Å². The Morgan fingerprint density at radius 2 is 1.64 bits per heavy atom. The van der Waals surface area contributed by atoms with Gasteiger partial charge in [-0.1, -0.05) is 39.7 Å². The molecular formula is C24H17BrClN5O2. The number of fused-ring (bicyclic) bond motifs is 1. The third kappa shape index (κ3) is 5.94. The Hall–Kier alpha value is -3.75. The molecular weight excluding hydrogens is 506 g/mol. The normalized spacial score (nSPS) is 10.8. The fraction of sp³-hybridized carbons (Fsp3) is 0. The number of nitrogens with one attached hydrogen (secondary N) is 3. The molecule has 0 aliphatic heterocycles. The maximum Gasteiger partial charge on any atom is 0.329 e. The summed E-state index contributed by atoms with van der Waals surface area (Å²) in [6.45, 7) is 0. The van der Waals surface area contributed by atoms with Gasteiger partial charge >= 0.3 is 11.8 Å². The molecule has 33 heavy (non-hydrogen) atoms. The highest BCUT2D eigenvalue weighted by molar-refractivity contribution is 9.10. The number of hydrogen-bond donors (Lipinski definition) is 3. The first-order valence-electron chi connectivity index (χ1n) is 9.79. The molecule has 0 atom stereocenters. The van der Waals surface area contributed by atoms with E-state index in [1.807, 2.05) is 42.5 Å². The molecule has 0 unspecified atom stereocenters. The van der Waals surface area contributed by atoms with Gasteiger partial charge in [0.25, 0.3) is 0 Å². The molecule has 1 heterocycles. The van der Waals surface area contributed by atoms with E-state index in [1.54, 1.807) is 36.5 Å². The van der Waals surface area contributed by atoms with Gasteiger partial charge in [0.15, 0.2) is 0 Å². The monoisotopic (exact) mass is 521 g/mol. The van der Waals surface area contributed by atoms with Crippen LogP contribution >= 0.6 is 27.5 Å². The van der Waals surface area contributed by atoms with Crippen LogP contribution in [0.15, 0.2) is 88.6 Å². The first-order chi connectivity index (χ1) is 16.0. The van der Waals surface area contributed by atoms with Crippen LogP contribution in [0.3, 0.4) is 0 Å². The lowest BCUT2D eigenvalue weighted by Crippen LogP contribution is -2.32. The Kier molecular flexibility index (Phi) is 6.97. The predicted molar refractivity (Wildman–Crippen MR) is 135 cm³/mol. The van der Waals surface area contributed by atoms with Crippen molar-refractivity contribution in [3.8, 4) is 0 Å². The Morgan fingerprint density at radius 3 is 2.39 bits per heavy atom. The van der Waals surface area contributed by atoms with Gasteiger partial charge in [0, 0.05) is 38.1 Å². The van der Waals surface area contributed by atoms with Gasteiger partial charge < -0.3 is 10.6 Å². The SMILES string of the molecule is O=C(N/N=C/c1ccc(Br)cc1)C(=O)Nc1ccc(Nc2ccnc3cc(Cl)ccc23)cc1. The summed E-state index contributed by atoms with van der Waals surface area (Å²) < 4.78 is 0.934. The summed E-state index contributed by atoms with van der Waals surface area (Å²) in [7, 11) is 0. The van der Waals surface area contributed by atoms with Crippen molar-refractivity contribution in [3.63, 3.8) is 0 Å². The van der Waals surface area contributed by atoms with Crippen molar-refractivity contribution in [1.82, 2.24) is 10.4 Å². The first-order valence-corrected chi connectivity index (χ1v) is 11.0. The number of hydrazone groups is 1. The molecule has 0 saturated carbocycles. The zero-order chi connectivity index (χ0) is 23.2. The minimum Gasteiger partial charge on any atom is -0.355 e. The van der Waals surface area contributed by atoms with Gasteiger partial charge in [-0.05, 0) is 66.2 Å². The van der Waals surface area contributed by atoms with Crippen LogP contribution in [-0.2, 0) is 9.59 Å². The molecule has 0 fully saturated rings. The molecule has 2 amide bonds. The zero-order valence-corrected chi connectivity index (χ0v) is 19.4. The molecule has 4 rings (SSSR count). The number of hydrogen-bond acceptors (Lipinski definition) is 5. The lowest BCUT2D eigenvalue weighted by molar-refractivity contribution is -0.136. The van der Waals surface area contributed by atoms with E-state index in [1.165, 1.54) is 6.21 Å². The molecule has 3 aromatic carbocycles. The Bertz CT molecular complexity index is 1340. The molecule has 3 N–H and O–H groups in total. The number of aromatic nitrogens is 1. The van der Waals surface area contributed by atoms with Crippen LogP contribution in [0.25, 0.3) is 10.9 Å². The second-order valence-corrected chi connectivity index (χ2v) is 8.28. The smallest absolute Gasteiger partial charge is 0.329 e. The topological polar surface area (TPSA) is 95.5 Å². The standard InChI is InChI=1S/C24H17BrClN5O2/c25-16-3-1-15(2-4-16)14-28-31-24(33)23(32)30-19-8-6-18(7-9-19)29-21-11-12-27-22-13-17(26)5-10-20(21)22/h1-14H,(H,27,29)(H,30,32)(H,31,33)/b28-14+. The Labute approximate surface area is 203 Å². The molecule has 164 valence electrons. The summed E-state index contributed by atoms with van der Waals surface area (Å²) in [5.74, 6) is -1.69. The molecule has 9 heteroatoms. The molecule has 1 aromatic heterocycles. The third-order valence-corrected chi connectivity index (χ3v) is 5.35. The van der Waals surface area contributed by atoms with Crippen molar-refractivity contribution in [3.05, 3.63) is 94.1 Å². The van der Waals surface area contributed by atoms with E-state index in [0.717, 1.165) is 32.3 Å². The molecule has 0 aliphatic rings. The summed E-state index contributed by atoms with van der Waals surface area (Å²) in [5.41, 5.74) is 5.93. The van der Waals surface area contributed by atoms with E-state index in [-0.39, 0.29) is 0 Å². The fourth-order valence-corrected chi connectivity index (χ4v) is 3.41. The number of carbonyl (C=O) groups excluding carboxylic acids is 2. The van der Waals surface area contributed by atoms with Crippen LogP contribution in [0.4, 0.5) is 17.1 Å². The molecule has 0 bridgehead atoms. The lowest BCUT2D eigenvalue weighted by atomic mass is 10.2. The summed E-state index contributed by atoms with van der Waals surface area (Å²) in [4.78, 5) is 28.4. The van der Waals surface area contributed by atoms with E-state index < -0.39 is 11.8 Å². The highest BCUT2D eigenvalue weighted by atomic mass is 79.9. The van der Waals surface area contributed by atoms with Crippen LogP contribution in [0.1, 0.15) is 5.56 Å². The second-order valence-electron chi connectivity index (χ2n) is 6.93. The minimum atomic E-state index is -0.868. The van der Waals surface area contributed by atoms with Gasteiger partial charge in [-0.15, -0.1) is 0 Å². The maximum absolute atomic E-state index is 12.1. The molecule has 7 nitrogen and oxygen atoms in total. The number of carbonyl (C=O) groups is 2. The average Bonchev–Trinajstić information content (AvgIpc) is 2.81. The first kappa shape index (κ1) is 22.4. The second kappa shape index (κ2) is 10.2.